The summed E-state index contributed by atoms with van der Waals surface area (Å²) in [6.45, 7) is -1.77. The van der Waals surface area contributed by atoms with E-state index in [0.717, 1.165) is 12.8 Å². The SMILES string of the molecule is O=C(O)C(=O)C(O)C(O)C(O)CO.O=C(O)C(=O)C(O)C(O)C(O)CO.[NH-]C1CCCCC1[NH-].[Pt+2]. The third kappa shape index (κ3) is 14.7. The fourth-order valence-corrected chi connectivity index (χ4v) is 2.33. The quantitative estimate of drug-likeness (QED) is 0.0970. The Kier molecular flexibility index (Phi) is 21.5. The largest absolute Gasteiger partial charge is 2.00 e. The molecule has 0 bridgehead atoms. The van der Waals surface area contributed by atoms with Gasteiger partial charge >= 0.3 is 33.0 Å². The number of aliphatic hydroxyl groups excluding tert-OH is 8. The molecule has 1 fully saturated rings. The summed E-state index contributed by atoms with van der Waals surface area (Å²) < 4.78 is 0. The zero-order valence-corrected chi connectivity index (χ0v) is 20.6. The third-order valence-corrected chi connectivity index (χ3v) is 4.53. The molecule has 0 aromatic rings. The summed E-state index contributed by atoms with van der Waals surface area (Å²) in [6, 6.07) is -0.160. The Morgan fingerprint density at radius 2 is 0.914 bits per heavy atom. The smallest absolute Gasteiger partial charge is 0.676 e. The molecule has 0 heterocycles. The van der Waals surface area contributed by atoms with Crippen molar-refractivity contribution in [3.05, 3.63) is 11.5 Å². The molecular weight excluding hydrogens is 663 g/mol. The Labute approximate surface area is 214 Å². The Hall–Kier alpha value is -1.43. The molecular formula is C18H32N2O14Pt. The minimum atomic E-state index is -2.24. The van der Waals surface area contributed by atoms with Crippen LogP contribution in [0.1, 0.15) is 25.7 Å². The predicted molar refractivity (Wildman–Crippen MR) is 110 cm³/mol. The number of aliphatic carboxylic acids is 2. The molecule has 0 aliphatic heterocycles. The molecule has 208 valence electrons. The van der Waals surface area contributed by atoms with Crippen LogP contribution >= 0.6 is 0 Å². The molecule has 1 saturated carbocycles. The molecule has 8 atom stereocenters. The van der Waals surface area contributed by atoms with Gasteiger partial charge in [0.05, 0.1) is 13.2 Å². The number of hydrogen-bond donors (Lipinski definition) is 10. The fourth-order valence-electron chi connectivity index (χ4n) is 2.33. The standard InChI is InChI=1S/C6H12N2.2C6H10O7.Pt/c7-5-3-1-2-4-6(5)8;2*7-1-2(8)3(9)4(10)5(11)6(12)13;/h5-8H,1-4H2;2*2-4,7-10H,1H2,(H,12,13);/q-2;;;+2. The maximum Gasteiger partial charge on any atom is 2.00 e. The summed E-state index contributed by atoms with van der Waals surface area (Å²) in [5.41, 5.74) is 14.6. The van der Waals surface area contributed by atoms with Crippen LogP contribution in [0.4, 0.5) is 0 Å². The van der Waals surface area contributed by atoms with Crippen molar-refractivity contribution in [2.75, 3.05) is 13.2 Å². The molecule has 12 N–H and O–H groups in total. The Morgan fingerprint density at radius 3 is 1.09 bits per heavy atom. The van der Waals surface area contributed by atoms with E-state index >= 15 is 0 Å². The Balaban J connectivity index is -0.000000444. The molecule has 0 aromatic carbocycles. The van der Waals surface area contributed by atoms with Crippen molar-refractivity contribution in [1.29, 1.82) is 0 Å². The average Bonchev–Trinajstić information content (AvgIpc) is 2.82. The Bertz CT molecular complexity index is 601. The summed E-state index contributed by atoms with van der Waals surface area (Å²) in [7, 11) is 0. The number of rotatable bonds is 10. The topological polar surface area (TPSA) is 318 Å². The molecule has 0 spiro atoms. The number of carbonyl (C=O) groups is 4. The number of nitrogens with one attached hydrogen (secondary N) is 2. The summed E-state index contributed by atoms with van der Waals surface area (Å²) >= 11 is 0. The maximum atomic E-state index is 10.5. The first-order valence-corrected chi connectivity index (χ1v) is 9.90. The van der Waals surface area contributed by atoms with Crippen molar-refractivity contribution >= 4 is 23.5 Å². The molecule has 35 heavy (non-hydrogen) atoms. The van der Waals surface area contributed by atoms with Crippen LogP contribution in [-0.2, 0) is 40.2 Å². The van der Waals surface area contributed by atoms with Crippen LogP contribution in [0, 0.1) is 0 Å². The summed E-state index contributed by atoms with van der Waals surface area (Å²) in [6.07, 6.45) is -7.74. The summed E-state index contributed by atoms with van der Waals surface area (Å²) in [4.78, 5) is 41.0. The average molecular weight is 696 g/mol. The van der Waals surface area contributed by atoms with Crippen LogP contribution < -0.4 is 0 Å². The molecule has 8 unspecified atom stereocenters. The minimum Gasteiger partial charge on any atom is -0.676 e. The zero-order valence-electron chi connectivity index (χ0n) is 18.3. The van der Waals surface area contributed by atoms with Gasteiger partial charge in [-0.25, -0.2) is 9.59 Å². The first-order valence-electron chi connectivity index (χ1n) is 9.90. The second-order valence-corrected chi connectivity index (χ2v) is 7.21. The molecule has 0 saturated heterocycles. The van der Waals surface area contributed by atoms with Gasteiger partial charge in [-0.2, -0.15) is 12.1 Å². The van der Waals surface area contributed by atoms with Gasteiger partial charge in [-0.15, -0.1) is 0 Å². The molecule has 0 amide bonds. The predicted octanol–water partition coefficient (Wildman–Crippen LogP) is -4.17. The van der Waals surface area contributed by atoms with Crippen molar-refractivity contribution in [1.82, 2.24) is 0 Å². The first kappa shape index (κ1) is 38.1. The van der Waals surface area contributed by atoms with Crippen LogP contribution in [0.25, 0.3) is 11.5 Å². The van der Waals surface area contributed by atoms with Crippen LogP contribution in [0.2, 0.25) is 0 Å². The molecule has 0 aromatic heterocycles. The van der Waals surface area contributed by atoms with Crippen LogP contribution in [0.5, 0.6) is 0 Å². The van der Waals surface area contributed by atoms with Crippen molar-refractivity contribution in [3.8, 4) is 0 Å². The molecule has 1 aliphatic rings. The van der Waals surface area contributed by atoms with Crippen LogP contribution in [0.3, 0.4) is 0 Å². The van der Waals surface area contributed by atoms with E-state index in [9.17, 15) is 19.2 Å². The van der Waals surface area contributed by atoms with Gasteiger partial charge in [0.2, 0.25) is 0 Å². The van der Waals surface area contributed by atoms with E-state index in [4.69, 9.17) is 62.5 Å². The number of hydrogen-bond acceptors (Lipinski definition) is 12. The van der Waals surface area contributed by atoms with E-state index < -0.39 is 73.3 Å². The van der Waals surface area contributed by atoms with Crippen molar-refractivity contribution in [2.45, 2.75) is 74.4 Å². The van der Waals surface area contributed by atoms with Gasteiger partial charge in [0.25, 0.3) is 11.6 Å². The first-order chi connectivity index (χ1) is 15.6. The molecule has 17 heteroatoms. The minimum absolute atomic E-state index is 0. The Morgan fingerprint density at radius 1 is 0.657 bits per heavy atom. The van der Waals surface area contributed by atoms with E-state index in [1.54, 1.807) is 0 Å². The van der Waals surface area contributed by atoms with Gasteiger partial charge in [0.1, 0.15) is 24.4 Å². The molecule has 1 aliphatic carbocycles. The van der Waals surface area contributed by atoms with E-state index in [2.05, 4.69) is 0 Å². The molecule has 0 radical (unpaired) electrons. The number of carboxylic acids is 2. The van der Waals surface area contributed by atoms with E-state index in [1.807, 2.05) is 0 Å². The summed E-state index contributed by atoms with van der Waals surface area (Å²) in [5.74, 6) is -7.12. The number of ketones is 2. The second-order valence-electron chi connectivity index (χ2n) is 7.21. The van der Waals surface area contributed by atoms with Gasteiger partial charge in [-0.1, -0.05) is 25.7 Å². The van der Waals surface area contributed by atoms with Crippen LogP contribution in [0.15, 0.2) is 0 Å². The monoisotopic (exact) mass is 695 g/mol. The summed E-state index contributed by atoms with van der Waals surface area (Å²) in [5, 5.41) is 85.6. The van der Waals surface area contributed by atoms with Gasteiger partial charge in [0.15, 0.2) is 12.2 Å². The molecule has 16 nitrogen and oxygen atoms in total. The van der Waals surface area contributed by atoms with Crippen molar-refractivity contribution in [2.24, 2.45) is 0 Å². The van der Waals surface area contributed by atoms with E-state index in [-0.39, 0.29) is 33.1 Å². The fraction of sp³-hybridized carbons (Fsp3) is 0.778. The maximum absolute atomic E-state index is 10.5. The van der Waals surface area contributed by atoms with Gasteiger partial charge in [-0.3, -0.25) is 9.59 Å². The van der Waals surface area contributed by atoms with Gasteiger partial charge in [0, 0.05) is 0 Å². The second kappa shape index (κ2) is 19.7. The number of Topliss-reactive ketones (excluding diaryl/α,β-unsaturated/α-hetero) is 2. The number of carboxylic acid groups (broad SMARTS) is 2. The third-order valence-electron chi connectivity index (χ3n) is 4.53. The van der Waals surface area contributed by atoms with Gasteiger partial charge in [-0.05, 0) is 0 Å². The zero-order chi connectivity index (χ0) is 27.2. The normalized spacial score (nSPS) is 22.1. The van der Waals surface area contributed by atoms with E-state index in [1.165, 1.54) is 12.8 Å². The van der Waals surface area contributed by atoms with Crippen molar-refractivity contribution in [3.63, 3.8) is 0 Å². The number of carbonyl (C=O) groups excluding carboxylic acids is 2. The van der Waals surface area contributed by atoms with E-state index in [0.29, 0.717) is 0 Å². The van der Waals surface area contributed by atoms with Crippen LogP contribution in [-0.4, -0.2) is 136 Å². The van der Waals surface area contributed by atoms with Gasteiger partial charge < -0.3 is 62.5 Å². The molecule has 1 rings (SSSR count). The number of aliphatic hydroxyl groups is 8. The van der Waals surface area contributed by atoms with Crippen molar-refractivity contribution < 1.29 is 91.3 Å².